The molecule has 0 N–H and O–H groups in total. The minimum atomic E-state index is -4.68. The molecule has 2 saturated heterocycles. The Hall–Kier alpha value is -2.21. The molecule has 2 bridgehead atoms. The summed E-state index contributed by atoms with van der Waals surface area (Å²) in [5, 5.41) is 1.43. The Morgan fingerprint density at radius 3 is 1.74 bits per heavy atom. The lowest BCUT2D eigenvalue weighted by Gasteiger charge is -2.44. The van der Waals surface area contributed by atoms with Crippen LogP contribution in [0, 0.1) is 0 Å². The number of benzene rings is 3. The Kier molecular flexibility index (Phi) is 6.54. The molecule has 3 aromatic rings. The Morgan fingerprint density at radius 2 is 1.26 bits per heavy atom. The fraction of sp³-hybridized carbons (Fsp3) is 0.333. The van der Waals surface area contributed by atoms with Gasteiger partial charge in [-0.1, -0.05) is 71.7 Å². The molecule has 3 aromatic carbocycles. The molecule has 0 amide bonds. The van der Waals surface area contributed by atoms with Crippen LogP contribution in [-0.2, 0) is 0 Å². The summed E-state index contributed by atoms with van der Waals surface area (Å²) >= 11 is 13.4. The molecule has 0 radical (unpaired) electrons. The fourth-order valence-corrected chi connectivity index (χ4v) is 6.21. The van der Waals surface area contributed by atoms with Crippen molar-refractivity contribution in [2.24, 2.45) is 0 Å². The number of halogens is 5. The van der Waals surface area contributed by atoms with Crippen LogP contribution in [0.2, 0.25) is 10.0 Å². The summed E-state index contributed by atoms with van der Waals surface area (Å²) < 4.78 is 41.6. The van der Waals surface area contributed by atoms with Crippen molar-refractivity contribution in [3.8, 4) is 5.75 Å². The highest BCUT2D eigenvalue weighted by molar-refractivity contribution is 6.32. The van der Waals surface area contributed by atoms with Gasteiger partial charge in [0.1, 0.15) is 5.75 Å². The van der Waals surface area contributed by atoms with E-state index in [1.54, 1.807) is 12.1 Å². The molecule has 2 fully saturated rings. The van der Waals surface area contributed by atoms with Crippen LogP contribution in [0.3, 0.4) is 0 Å². The summed E-state index contributed by atoms with van der Waals surface area (Å²) in [5.74, 6) is 0.0981. The van der Waals surface area contributed by atoms with Gasteiger partial charge in [0.2, 0.25) is 0 Å². The molecule has 2 aliphatic rings. The molecule has 5 rings (SSSR count). The molecule has 0 aromatic heterocycles. The number of ether oxygens (including phenoxy) is 1. The second-order valence-electron chi connectivity index (χ2n) is 9.06. The van der Waals surface area contributed by atoms with Crippen LogP contribution in [0.15, 0.2) is 72.8 Å². The van der Waals surface area contributed by atoms with E-state index in [0.717, 1.165) is 42.4 Å². The molecule has 2 aliphatic heterocycles. The van der Waals surface area contributed by atoms with E-state index < -0.39 is 6.36 Å². The maximum absolute atomic E-state index is 12.5. The quantitative estimate of drug-likeness (QED) is 0.345. The van der Waals surface area contributed by atoms with E-state index in [9.17, 15) is 13.2 Å². The third kappa shape index (κ3) is 4.79. The van der Waals surface area contributed by atoms with Gasteiger partial charge in [-0.2, -0.15) is 0 Å². The lowest BCUT2D eigenvalue weighted by Crippen LogP contribution is -2.45. The summed E-state index contributed by atoms with van der Waals surface area (Å²) in [7, 11) is 0. The van der Waals surface area contributed by atoms with Crippen molar-refractivity contribution in [1.82, 2.24) is 4.90 Å². The van der Waals surface area contributed by atoms with Crippen molar-refractivity contribution in [3.63, 3.8) is 0 Å². The van der Waals surface area contributed by atoms with Gasteiger partial charge in [0.25, 0.3) is 0 Å². The van der Waals surface area contributed by atoms with Crippen LogP contribution in [0.1, 0.15) is 54.3 Å². The summed E-state index contributed by atoms with van der Waals surface area (Å²) in [6.07, 6.45) is -0.676. The first-order chi connectivity index (χ1) is 16.3. The second kappa shape index (κ2) is 9.44. The van der Waals surface area contributed by atoms with Gasteiger partial charge in [-0.3, -0.25) is 4.90 Å². The Bertz CT molecular complexity index is 1090. The first-order valence-electron chi connectivity index (χ1n) is 11.4. The molecule has 178 valence electrons. The average Bonchev–Trinajstić information content (AvgIpc) is 3.04. The number of fused-ring (bicyclic) bond motifs is 2. The third-order valence-corrected chi connectivity index (χ3v) is 7.76. The van der Waals surface area contributed by atoms with E-state index in [1.807, 2.05) is 36.4 Å². The Morgan fingerprint density at radius 1 is 0.765 bits per heavy atom. The van der Waals surface area contributed by atoms with Gasteiger partial charge in [-0.05, 0) is 72.6 Å². The zero-order valence-corrected chi connectivity index (χ0v) is 19.8. The van der Waals surface area contributed by atoms with Gasteiger partial charge >= 0.3 is 6.36 Å². The third-order valence-electron chi connectivity index (χ3n) is 7.07. The van der Waals surface area contributed by atoms with E-state index in [1.165, 1.54) is 12.1 Å². The number of piperidine rings is 1. The molecule has 2 heterocycles. The van der Waals surface area contributed by atoms with Crippen molar-refractivity contribution in [2.45, 2.75) is 56.1 Å². The van der Waals surface area contributed by atoms with Gasteiger partial charge in [0.05, 0.1) is 6.04 Å². The highest BCUT2D eigenvalue weighted by atomic mass is 35.5. The lowest BCUT2D eigenvalue weighted by molar-refractivity contribution is -0.274. The van der Waals surface area contributed by atoms with Gasteiger partial charge in [0, 0.05) is 22.1 Å². The minimum absolute atomic E-state index is 0.0524. The minimum Gasteiger partial charge on any atom is -0.406 e. The summed E-state index contributed by atoms with van der Waals surface area (Å²) in [4.78, 5) is 2.57. The number of hydrogen-bond acceptors (Lipinski definition) is 2. The molecule has 0 spiro atoms. The maximum atomic E-state index is 12.5. The highest BCUT2D eigenvalue weighted by Gasteiger charge is 2.45. The van der Waals surface area contributed by atoms with E-state index in [2.05, 4.69) is 21.8 Å². The molecule has 2 atom stereocenters. The van der Waals surface area contributed by atoms with E-state index in [-0.39, 0.29) is 17.7 Å². The van der Waals surface area contributed by atoms with Crippen molar-refractivity contribution in [3.05, 3.63) is 99.5 Å². The van der Waals surface area contributed by atoms with E-state index in [4.69, 9.17) is 23.2 Å². The molecule has 0 aliphatic carbocycles. The van der Waals surface area contributed by atoms with Crippen molar-refractivity contribution >= 4 is 23.2 Å². The first kappa shape index (κ1) is 23.5. The molecule has 2 unspecified atom stereocenters. The maximum Gasteiger partial charge on any atom is 0.573 e. The van der Waals surface area contributed by atoms with Crippen LogP contribution < -0.4 is 4.74 Å². The van der Waals surface area contributed by atoms with Gasteiger partial charge in [0.15, 0.2) is 0 Å². The van der Waals surface area contributed by atoms with Crippen LogP contribution in [0.4, 0.5) is 13.2 Å². The lowest BCUT2D eigenvalue weighted by atomic mass is 9.82. The smallest absolute Gasteiger partial charge is 0.406 e. The normalized spacial score (nSPS) is 22.8. The predicted octanol–water partition coefficient (Wildman–Crippen LogP) is 8.39. The average molecular weight is 506 g/mol. The number of hydrogen-bond donors (Lipinski definition) is 0. The predicted molar refractivity (Wildman–Crippen MR) is 128 cm³/mol. The summed E-state index contributed by atoms with van der Waals surface area (Å²) in [6, 6.07) is 22.8. The van der Waals surface area contributed by atoms with Crippen molar-refractivity contribution in [2.75, 3.05) is 0 Å². The summed E-state index contributed by atoms with van der Waals surface area (Å²) in [5.41, 5.74) is 3.14. The monoisotopic (exact) mass is 505 g/mol. The SMILES string of the molecule is FC(F)(F)Oc1ccc(C2CC3CCC(C2)N3C(c2ccccc2Cl)c2ccccc2Cl)cc1. The van der Waals surface area contributed by atoms with Gasteiger partial charge < -0.3 is 4.74 Å². The molecule has 2 nitrogen and oxygen atoms in total. The number of alkyl halides is 3. The standard InChI is InChI=1S/C27H24Cl2F3NO/c28-24-7-3-1-5-22(24)26(23-6-2-4-8-25(23)29)33-19-11-12-20(33)16-18(15-19)17-9-13-21(14-10-17)34-27(30,31)32/h1-10,13-14,18-20,26H,11-12,15-16H2. The first-order valence-corrected chi connectivity index (χ1v) is 12.2. The number of nitrogens with zero attached hydrogens (tertiary/aromatic N) is 1. The van der Waals surface area contributed by atoms with Crippen molar-refractivity contribution in [1.29, 1.82) is 0 Å². The highest BCUT2D eigenvalue weighted by Crippen LogP contribution is 2.50. The van der Waals surface area contributed by atoms with E-state index >= 15 is 0 Å². The summed E-state index contributed by atoms with van der Waals surface area (Å²) in [6.45, 7) is 0. The van der Waals surface area contributed by atoms with Crippen LogP contribution in [0.5, 0.6) is 5.75 Å². The molecule has 7 heteroatoms. The fourth-order valence-electron chi connectivity index (χ4n) is 5.73. The molecular weight excluding hydrogens is 482 g/mol. The Balaban J connectivity index is 1.43. The largest absolute Gasteiger partial charge is 0.573 e. The molecular formula is C27H24Cl2F3NO. The zero-order chi connectivity index (χ0) is 23.9. The topological polar surface area (TPSA) is 12.5 Å². The van der Waals surface area contributed by atoms with Crippen LogP contribution >= 0.6 is 23.2 Å². The molecule has 0 saturated carbocycles. The van der Waals surface area contributed by atoms with Crippen LogP contribution in [0.25, 0.3) is 0 Å². The molecule has 34 heavy (non-hydrogen) atoms. The van der Waals surface area contributed by atoms with E-state index in [0.29, 0.717) is 22.1 Å². The zero-order valence-electron chi connectivity index (χ0n) is 18.3. The van der Waals surface area contributed by atoms with Crippen molar-refractivity contribution < 1.29 is 17.9 Å². The Labute approximate surface area is 207 Å². The second-order valence-corrected chi connectivity index (χ2v) is 9.88. The van der Waals surface area contributed by atoms with Gasteiger partial charge in [-0.25, -0.2) is 0 Å². The van der Waals surface area contributed by atoms with Crippen LogP contribution in [-0.4, -0.2) is 23.3 Å². The van der Waals surface area contributed by atoms with Gasteiger partial charge in [-0.15, -0.1) is 13.2 Å². The number of rotatable bonds is 5.